The van der Waals surface area contributed by atoms with Crippen molar-refractivity contribution >= 4 is 39.7 Å². The molecule has 96 valence electrons. The molecule has 2 aromatic heterocycles. The van der Waals surface area contributed by atoms with Crippen molar-refractivity contribution in [1.29, 1.82) is 0 Å². The Kier molecular flexibility index (Phi) is 3.50. The monoisotopic (exact) mass is 310 g/mol. The lowest BCUT2D eigenvalue weighted by atomic mass is 10.2. The van der Waals surface area contributed by atoms with Gasteiger partial charge in [-0.1, -0.05) is 46.8 Å². The lowest BCUT2D eigenvalue weighted by molar-refractivity contribution is 0.823. The second-order valence-corrected chi connectivity index (χ2v) is 6.28. The van der Waals surface area contributed by atoms with Crippen molar-refractivity contribution in [2.45, 2.75) is 10.1 Å². The molecule has 0 radical (unpaired) electrons. The number of hydrogen-bond acceptors (Lipinski definition) is 6. The van der Waals surface area contributed by atoms with E-state index in [4.69, 9.17) is 11.6 Å². The van der Waals surface area contributed by atoms with E-state index in [-0.39, 0.29) is 5.56 Å². The van der Waals surface area contributed by atoms with E-state index in [2.05, 4.69) is 15.3 Å². The van der Waals surface area contributed by atoms with Gasteiger partial charge < -0.3 is 0 Å². The highest BCUT2D eigenvalue weighted by Gasteiger charge is 2.07. The SMILES string of the molecule is O=c1cnnc2sc(SCc3ccc(Cl)cc3)nn12. The average molecular weight is 311 g/mol. The average Bonchev–Trinajstić information content (AvgIpc) is 2.83. The minimum atomic E-state index is -0.264. The van der Waals surface area contributed by atoms with Gasteiger partial charge in [-0.05, 0) is 17.7 Å². The fourth-order valence-corrected chi connectivity index (χ4v) is 3.41. The molecular weight excluding hydrogens is 304 g/mol. The van der Waals surface area contributed by atoms with E-state index >= 15 is 0 Å². The van der Waals surface area contributed by atoms with Crippen LogP contribution in [0, 0.1) is 0 Å². The van der Waals surface area contributed by atoms with Crippen LogP contribution in [0.15, 0.2) is 39.6 Å². The van der Waals surface area contributed by atoms with Gasteiger partial charge in [-0.3, -0.25) is 4.79 Å². The molecule has 0 unspecified atom stereocenters. The summed E-state index contributed by atoms with van der Waals surface area (Å²) in [7, 11) is 0. The molecule has 0 fully saturated rings. The first-order chi connectivity index (χ1) is 9.22. The Balaban J connectivity index is 1.80. The fourth-order valence-electron chi connectivity index (χ4n) is 1.44. The molecule has 0 aliphatic carbocycles. The van der Waals surface area contributed by atoms with Crippen LogP contribution in [-0.2, 0) is 5.75 Å². The molecular formula is C11H7ClN4OS2. The van der Waals surface area contributed by atoms with Crippen LogP contribution in [0.1, 0.15) is 5.56 Å². The summed E-state index contributed by atoms with van der Waals surface area (Å²) in [6, 6.07) is 7.64. The molecule has 19 heavy (non-hydrogen) atoms. The maximum Gasteiger partial charge on any atom is 0.293 e. The molecule has 8 heteroatoms. The second-order valence-electron chi connectivity index (χ2n) is 3.66. The van der Waals surface area contributed by atoms with Crippen LogP contribution in [-0.4, -0.2) is 19.8 Å². The van der Waals surface area contributed by atoms with E-state index in [1.807, 2.05) is 24.3 Å². The minimum absolute atomic E-state index is 0.264. The number of aromatic nitrogens is 4. The molecule has 3 rings (SSSR count). The molecule has 3 aromatic rings. The van der Waals surface area contributed by atoms with Crippen molar-refractivity contribution in [3.05, 3.63) is 51.4 Å². The fraction of sp³-hybridized carbons (Fsp3) is 0.0909. The smallest absolute Gasteiger partial charge is 0.265 e. The second kappa shape index (κ2) is 5.28. The molecule has 0 spiro atoms. The van der Waals surface area contributed by atoms with Crippen LogP contribution < -0.4 is 5.56 Å². The predicted octanol–water partition coefficient (Wildman–Crippen LogP) is 2.49. The summed E-state index contributed by atoms with van der Waals surface area (Å²) in [6.45, 7) is 0. The van der Waals surface area contributed by atoms with Crippen molar-refractivity contribution < 1.29 is 0 Å². The summed E-state index contributed by atoms with van der Waals surface area (Å²) in [6.07, 6.45) is 1.15. The summed E-state index contributed by atoms with van der Waals surface area (Å²) in [4.78, 5) is 12.0. The lowest BCUT2D eigenvalue weighted by Gasteiger charge is -1.98. The zero-order chi connectivity index (χ0) is 13.2. The van der Waals surface area contributed by atoms with Gasteiger partial charge in [0, 0.05) is 10.8 Å². The molecule has 0 aliphatic heterocycles. The topological polar surface area (TPSA) is 60.2 Å². The van der Waals surface area contributed by atoms with Crippen LogP contribution in [0.4, 0.5) is 0 Å². The van der Waals surface area contributed by atoms with Gasteiger partial charge >= 0.3 is 0 Å². The Morgan fingerprint density at radius 2 is 2.11 bits per heavy atom. The van der Waals surface area contributed by atoms with Crippen LogP contribution in [0.2, 0.25) is 5.02 Å². The first kappa shape index (κ1) is 12.6. The van der Waals surface area contributed by atoms with Gasteiger partial charge in [0.05, 0.1) is 0 Å². The number of halogens is 1. The number of thioether (sulfide) groups is 1. The van der Waals surface area contributed by atoms with Gasteiger partial charge in [0.25, 0.3) is 5.56 Å². The summed E-state index contributed by atoms with van der Waals surface area (Å²) in [5.74, 6) is 0.763. The van der Waals surface area contributed by atoms with Crippen LogP contribution >= 0.6 is 34.7 Å². The highest BCUT2D eigenvalue weighted by Crippen LogP contribution is 2.26. The number of benzene rings is 1. The zero-order valence-corrected chi connectivity index (χ0v) is 11.9. The lowest BCUT2D eigenvalue weighted by Crippen LogP contribution is -2.14. The van der Waals surface area contributed by atoms with Gasteiger partial charge in [0.15, 0.2) is 4.34 Å². The molecule has 0 bridgehead atoms. The van der Waals surface area contributed by atoms with Crippen molar-refractivity contribution in [3.63, 3.8) is 0 Å². The third kappa shape index (κ3) is 2.78. The third-order valence-electron chi connectivity index (χ3n) is 2.34. The van der Waals surface area contributed by atoms with Gasteiger partial charge in [0.2, 0.25) is 4.96 Å². The van der Waals surface area contributed by atoms with Gasteiger partial charge in [-0.25, -0.2) is 0 Å². The molecule has 0 saturated heterocycles. The van der Waals surface area contributed by atoms with Crippen LogP contribution in [0.5, 0.6) is 0 Å². The standard InChI is InChI=1S/C11H7ClN4OS2/c12-8-3-1-7(2-4-8)6-18-11-15-16-9(17)5-13-14-10(16)19-11/h1-5H,6H2. The summed E-state index contributed by atoms with van der Waals surface area (Å²) < 4.78 is 2.05. The minimum Gasteiger partial charge on any atom is -0.265 e. The first-order valence-corrected chi connectivity index (χ1v) is 7.49. The molecule has 1 aromatic carbocycles. The number of nitrogens with zero attached hydrogens (tertiary/aromatic N) is 4. The molecule has 0 amide bonds. The van der Waals surface area contributed by atoms with Gasteiger partial charge in [0.1, 0.15) is 6.20 Å². The van der Waals surface area contributed by atoms with Gasteiger partial charge in [-0.15, -0.1) is 10.2 Å². The number of hydrogen-bond donors (Lipinski definition) is 0. The molecule has 0 aliphatic rings. The van der Waals surface area contributed by atoms with Crippen LogP contribution in [0.3, 0.4) is 0 Å². The summed E-state index contributed by atoms with van der Waals surface area (Å²) >= 11 is 8.73. The van der Waals surface area contributed by atoms with Crippen molar-refractivity contribution in [2.75, 3.05) is 0 Å². The highest BCUT2D eigenvalue weighted by atomic mass is 35.5. The highest BCUT2D eigenvalue weighted by molar-refractivity contribution is 8.00. The van der Waals surface area contributed by atoms with Crippen LogP contribution in [0.25, 0.3) is 4.96 Å². The summed E-state index contributed by atoms with van der Waals surface area (Å²) in [5, 5.41) is 12.4. The molecule has 0 atom stereocenters. The Morgan fingerprint density at radius 1 is 1.32 bits per heavy atom. The number of fused-ring (bicyclic) bond motifs is 1. The normalized spacial score (nSPS) is 11.0. The van der Waals surface area contributed by atoms with E-state index < -0.39 is 0 Å². The largest absolute Gasteiger partial charge is 0.293 e. The Hall–Kier alpha value is -1.44. The maximum absolute atomic E-state index is 11.5. The molecule has 0 N–H and O–H groups in total. The van der Waals surface area contributed by atoms with E-state index in [1.165, 1.54) is 15.9 Å². The Morgan fingerprint density at radius 3 is 2.84 bits per heavy atom. The van der Waals surface area contributed by atoms with E-state index in [0.717, 1.165) is 26.9 Å². The van der Waals surface area contributed by atoms with Crippen molar-refractivity contribution in [1.82, 2.24) is 19.8 Å². The van der Waals surface area contributed by atoms with Crippen molar-refractivity contribution in [2.24, 2.45) is 0 Å². The Labute approximate surface area is 121 Å². The maximum atomic E-state index is 11.5. The van der Waals surface area contributed by atoms with E-state index in [1.54, 1.807) is 11.8 Å². The molecule has 0 saturated carbocycles. The van der Waals surface area contributed by atoms with Gasteiger partial charge in [-0.2, -0.15) is 9.61 Å². The van der Waals surface area contributed by atoms with E-state index in [9.17, 15) is 4.79 Å². The van der Waals surface area contributed by atoms with Crippen molar-refractivity contribution in [3.8, 4) is 0 Å². The first-order valence-electron chi connectivity index (χ1n) is 5.31. The molecule has 5 nitrogen and oxygen atoms in total. The zero-order valence-electron chi connectivity index (χ0n) is 9.49. The van der Waals surface area contributed by atoms with E-state index in [0.29, 0.717) is 4.96 Å². The Bertz CT molecular complexity index is 768. The number of rotatable bonds is 3. The third-order valence-corrected chi connectivity index (χ3v) is 4.69. The quantitative estimate of drug-likeness (QED) is 0.696. The molecule has 2 heterocycles. The summed E-state index contributed by atoms with van der Waals surface area (Å²) in [5.41, 5.74) is 0.881. The predicted molar refractivity (Wildman–Crippen MR) is 75.9 cm³/mol.